The Hall–Kier alpha value is -3.08. The fraction of sp³-hybridized carbons (Fsp3) is 0.235. The lowest BCUT2D eigenvalue weighted by Gasteiger charge is -2.39. The highest BCUT2D eigenvalue weighted by atomic mass is 19.4. The number of nitrogens with zero attached hydrogens (tertiary/aromatic N) is 3. The first-order valence-corrected chi connectivity index (χ1v) is 7.37. The monoisotopic (exact) mass is 347 g/mol. The molecule has 25 heavy (non-hydrogen) atoms. The average Bonchev–Trinajstić information content (AvgIpc) is 2.57. The Labute approximate surface area is 141 Å². The van der Waals surface area contributed by atoms with Gasteiger partial charge in [0, 0.05) is 12.3 Å². The van der Waals surface area contributed by atoms with Gasteiger partial charge in [0.25, 0.3) is 5.91 Å². The van der Waals surface area contributed by atoms with Gasteiger partial charge in [-0.05, 0) is 18.2 Å². The molecule has 1 aromatic carbocycles. The van der Waals surface area contributed by atoms with E-state index in [1.165, 1.54) is 35.4 Å². The number of aromatic nitrogens is 1. The van der Waals surface area contributed by atoms with Crippen molar-refractivity contribution >= 4 is 5.91 Å². The first kappa shape index (κ1) is 16.8. The van der Waals surface area contributed by atoms with Crippen LogP contribution in [0.4, 0.5) is 13.2 Å². The molecule has 1 saturated heterocycles. The van der Waals surface area contributed by atoms with Crippen LogP contribution in [0, 0.1) is 11.3 Å². The van der Waals surface area contributed by atoms with E-state index in [4.69, 9.17) is 10.00 Å². The van der Waals surface area contributed by atoms with Gasteiger partial charge in [-0.2, -0.15) is 18.4 Å². The van der Waals surface area contributed by atoms with Crippen LogP contribution in [0.2, 0.25) is 0 Å². The number of hydrogen-bond acceptors (Lipinski definition) is 4. The zero-order valence-electron chi connectivity index (χ0n) is 12.8. The zero-order chi connectivity index (χ0) is 18.0. The number of benzene rings is 1. The summed E-state index contributed by atoms with van der Waals surface area (Å²) < 4.78 is 44.5. The van der Waals surface area contributed by atoms with Crippen LogP contribution in [0.5, 0.6) is 5.88 Å². The van der Waals surface area contributed by atoms with Crippen molar-refractivity contribution in [2.24, 2.45) is 0 Å². The minimum atomic E-state index is -4.58. The molecule has 128 valence electrons. The molecular formula is C17H12F3N3O2. The van der Waals surface area contributed by atoms with E-state index in [-0.39, 0.29) is 24.8 Å². The summed E-state index contributed by atoms with van der Waals surface area (Å²) in [7, 11) is 0. The van der Waals surface area contributed by atoms with Crippen LogP contribution in [-0.2, 0) is 6.18 Å². The van der Waals surface area contributed by atoms with Crippen molar-refractivity contribution in [3.05, 3.63) is 59.3 Å². The predicted molar refractivity (Wildman–Crippen MR) is 80.7 cm³/mol. The number of hydrogen-bond donors (Lipinski definition) is 0. The molecule has 2 heterocycles. The highest BCUT2D eigenvalue weighted by Gasteiger charge is 2.39. The summed E-state index contributed by atoms with van der Waals surface area (Å²) in [5.41, 5.74) is -0.926. The van der Waals surface area contributed by atoms with Gasteiger partial charge < -0.3 is 9.64 Å². The van der Waals surface area contributed by atoms with Gasteiger partial charge in [-0.25, -0.2) is 4.98 Å². The predicted octanol–water partition coefficient (Wildman–Crippen LogP) is 2.88. The Morgan fingerprint density at radius 2 is 1.96 bits per heavy atom. The van der Waals surface area contributed by atoms with Crippen molar-refractivity contribution in [1.82, 2.24) is 9.88 Å². The van der Waals surface area contributed by atoms with Crippen molar-refractivity contribution in [1.29, 1.82) is 5.26 Å². The molecule has 1 aliphatic heterocycles. The van der Waals surface area contributed by atoms with Gasteiger partial charge >= 0.3 is 6.18 Å². The molecular weight excluding hydrogens is 335 g/mol. The van der Waals surface area contributed by atoms with Gasteiger partial charge in [0.15, 0.2) is 0 Å². The van der Waals surface area contributed by atoms with E-state index in [9.17, 15) is 18.0 Å². The van der Waals surface area contributed by atoms with E-state index >= 15 is 0 Å². The summed E-state index contributed by atoms with van der Waals surface area (Å²) in [4.78, 5) is 17.5. The summed E-state index contributed by atoms with van der Waals surface area (Å²) >= 11 is 0. The summed E-state index contributed by atoms with van der Waals surface area (Å²) in [6, 6.07) is 9.71. The van der Waals surface area contributed by atoms with Gasteiger partial charge in [-0.15, -0.1) is 0 Å². The lowest BCUT2D eigenvalue weighted by atomic mass is 10.0. The SMILES string of the molecule is N#Cc1ccc(OC2CN(C(=O)c3ccccc3C(F)(F)F)C2)nc1. The number of likely N-dealkylation sites (tertiary alicyclic amines) is 1. The molecule has 2 aromatic rings. The Morgan fingerprint density at radius 1 is 1.24 bits per heavy atom. The number of halogens is 3. The topological polar surface area (TPSA) is 66.2 Å². The van der Waals surface area contributed by atoms with Gasteiger partial charge in [-0.3, -0.25) is 4.79 Å². The average molecular weight is 347 g/mol. The molecule has 0 unspecified atom stereocenters. The van der Waals surface area contributed by atoms with Gasteiger partial charge in [-0.1, -0.05) is 12.1 Å². The molecule has 1 amide bonds. The second kappa shape index (κ2) is 6.43. The molecule has 0 aliphatic carbocycles. The molecule has 3 rings (SSSR count). The summed E-state index contributed by atoms with van der Waals surface area (Å²) in [5.74, 6) is -0.382. The normalized spacial score (nSPS) is 14.6. The Balaban J connectivity index is 1.63. The molecule has 0 bridgehead atoms. The highest BCUT2D eigenvalue weighted by Crippen LogP contribution is 2.33. The van der Waals surface area contributed by atoms with Crippen molar-refractivity contribution in [3.63, 3.8) is 0 Å². The molecule has 0 N–H and O–H groups in total. The van der Waals surface area contributed by atoms with Crippen LogP contribution in [0.25, 0.3) is 0 Å². The molecule has 5 nitrogen and oxygen atoms in total. The van der Waals surface area contributed by atoms with E-state index in [0.717, 1.165) is 6.07 Å². The number of carbonyl (C=O) groups excluding carboxylic acids is 1. The maximum atomic E-state index is 13.0. The number of carbonyl (C=O) groups is 1. The number of nitriles is 1. The minimum absolute atomic E-state index is 0.173. The zero-order valence-corrected chi connectivity index (χ0v) is 12.8. The number of pyridine rings is 1. The second-order valence-corrected chi connectivity index (χ2v) is 5.49. The largest absolute Gasteiger partial charge is 0.471 e. The third-order valence-electron chi connectivity index (χ3n) is 3.75. The van der Waals surface area contributed by atoms with Crippen molar-refractivity contribution in [2.75, 3.05) is 13.1 Å². The molecule has 0 saturated carbocycles. The number of rotatable bonds is 3. The van der Waals surface area contributed by atoms with E-state index < -0.39 is 17.6 Å². The summed E-state index contributed by atoms with van der Waals surface area (Å²) in [5, 5.41) is 8.70. The highest BCUT2D eigenvalue weighted by molar-refractivity contribution is 5.96. The maximum Gasteiger partial charge on any atom is 0.417 e. The van der Waals surface area contributed by atoms with Crippen LogP contribution in [0.1, 0.15) is 21.5 Å². The summed E-state index contributed by atoms with van der Waals surface area (Å²) in [6.45, 7) is 0.347. The van der Waals surface area contributed by atoms with E-state index in [0.29, 0.717) is 11.4 Å². The minimum Gasteiger partial charge on any atom is -0.471 e. The van der Waals surface area contributed by atoms with Crippen LogP contribution >= 0.6 is 0 Å². The third kappa shape index (κ3) is 3.55. The first-order valence-electron chi connectivity index (χ1n) is 7.37. The van der Waals surface area contributed by atoms with E-state index in [1.54, 1.807) is 6.07 Å². The Kier molecular flexibility index (Phi) is 4.31. The second-order valence-electron chi connectivity index (χ2n) is 5.49. The molecule has 0 radical (unpaired) electrons. The van der Waals surface area contributed by atoms with Crippen LogP contribution in [-0.4, -0.2) is 35.0 Å². The van der Waals surface area contributed by atoms with E-state index in [2.05, 4.69) is 4.98 Å². The molecule has 8 heteroatoms. The van der Waals surface area contributed by atoms with Gasteiger partial charge in [0.1, 0.15) is 12.2 Å². The summed E-state index contributed by atoms with van der Waals surface area (Å²) in [6.07, 6.45) is -3.57. The lowest BCUT2D eigenvalue weighted by molar-refractivity contribution is -0.138. The number of alkyl halides is 3. The maximum absolute atomic E-state index is 13.0. The third-order valence-corrected chi connectivity index (χ3v) is 3.75. The molecule has 0 spiro atoms. The van der Waals surface area contributed by atoms with Crippen LogP contribution in [0.3, 0.4) is 0 Å². The van der Waals surface area contributed by atoms with Crippen LogP contribution < -0.4 is 4.74 Å². The molecule has 0 atom stereocenters. The fourth-order valence-corrected chi connectivity index (χ4v) is 2.45. The number of ether oxygens (including phenoxy) is 1. The van der Waals surface area contributed by atoms with Gasteiger partial charge in [0.05, 0.1) is 29.8 Å². The van der Waals surface area contributed by atoms with Crippen LogP contribution in [0.15, 0.2) is 42.6 Å². The lowest BCUT2D eigenvalue weighted by Crippen LogP contribution is -2.56. The first-order chi connectivity index (χ1) is 11.9. The fourth-order valence-electron chi connectivity index (χ4n) is 2.45. The molecule has 1 aliphatic rings. The standard InChI is InChI=1S/C17H12F3N3O2/c18-17(19,20)14-4-2-1-3-13(14)16(24)23-9-12(10-23)25-15-6-5-11(7-21)8-22-15/h1-6,8,12H,9-10H2. The van der Waals surface area contributed by atoms with Crippen molar-refractivity contribution in [3.8, 4) is 11.9 Å². The quantitative estimate of drug-likeness (QED) is 0.856. The number of amides is 1. The smallest absolute Gasteiger partial charge is 0.417 e. The molecule has 1 aromatic heterocycles. The van der Waals surface area contributed by atoms with Crippen molar-refractivity contribution < 1.29 is 22.7 Å². The van der Waals surface area contributed by atoms with E-state index in [1.807, 2.05) is 6.07 Å². The van der Waals surface area contributed by atoms with Gasteiger partial charge in [0.2, 0.25) is 5.88 Å². The Morgan fingerprint density at radius 3 is 2.56 bits per heavy atom. The van der Waals surface area contributed by atoms with Crippen molar-refractivity contribution in [2.45, 2.75) is 12.3 Å². The Bertz CT molecular complexity index is 822. The molecule has 1 fully saturated rings.